The van der Waals surface area contributed by atoms with Gasteiger partial charge in [-0.15, -0.1) is 0 Å². The van der Waals surface area contributed by atoms with E-state index in [1.165, 1.54) is 5.56 Å². The molecule has 0 N–H and O–H groups in total. The maximum Gasteiger partial charge on any atom is 0.131 e. The SMILES string of the molecule is [CH2]CCN(C)c1ncccc1CC. The van der Waals surface area contributed by atoms with Gasteiger partial charge < -0.3 is 4.90 Å². The fraction of sp³-hybridized carbons (Fsp3) is 0.455. The number of anilines is 1. The number of pyridine rings is 1. The summed E-state index contributed by atoms with van der Waals surface area (Å²) in [5, 5.41) is 0. The highest BCUT2D eigenvalue weighted by molar-refractivity contribution is 5.45. The van der Waals surface area contributed by atoms with Crippen molar-refractivity contribution in [1.29, 1.82) is 0 Å². The van der Waals surface area contributed by atoms with Crippen LogP contribution in [0, 0.1) is 6.92 Å². The number of hydrogen-bond acceptors (Lipinski definition) is 2. The van der Waals surface area contributed by atoms with E-state index in [2.05, 4.69) is 36.8 Å². The third-order valence-electron chi connectivity index (χ3n) is 2.10. The van der Waals surface area contributed by atoms with Crippen LogP contribution >= 0.6 is 0 Å². The first-order valence-electron chi connectivity index (χ1n) is 4.73. The van der Waals surface area contributed by atoms with E-state index in [-0.39, 0.29) is 0 Å². The molecule has 0 atom stereocenters. The van der Waals surface area contributed by atoms with Crippen LogP contribution in [0.1, 0.15) is 18.9 Å². The van der Waals surface area contributed by atoms with Crippen LogP contribution in [0.5, 0.6) is 0 Å². The fourth-order valence-electron chi connectivity index (χ4n) is 1.39. The Morgan fingerprint density at radius 1 is 1.54 bits per heavy atom. The second kappa shape index (κ2) is 4.85. The Morgan fingerprint density at radius 3 is 2.92 bits per heavy atom. The predicted molar refractivity (Wildman–Crippen MR) is 56.9 cm³/mol. The molecule has 0 fully saturated rings. The molecule has 1 heterocycles. The molecule has 71 valence electrons. The van der Waals surface area contributed by atoms with Crippen LogP contribution < -0.4 is 4.90 Å². The quantitative estimate of drug-likeness (QED) is 0.701. The lowest BCUT2D eigenvalue weighted by Crippen LogP contribution is -2.20. The number of nitrogens with zero attached hydrogens (tertiary/aromatic N) is 2. The van der Waals surface area contributed by atoms with Crippen LogP contribution in [0.15, 0.2) is 18.3 Å². The molecule has 0 aliphatic carbocycles. The van der Waals surface area contributed by atoms with Crippen molar-refractivity contribution >= 4 is 5.82 Å². The van der Waals surface area contributed by atoms with Crippen molar-refractivity contribution in [3.05, 3.63) is 30.8 Å². The van der Waals surface area contributed by atoms with E-state index >= 15 is 0 Å². The summed E-state index contributed by atoms with van der Waals surface area (Å²) in [5.41, 5.74) is 1.30. The Labute approximate surface area is 80.6 Å². The number of hydrogen-bond donors (Lipinski definition) is 0. The first kappa shape index (κ1) is 10.0. The molecule has 0 aromatic carbocycles. The zero-order chi connectivity index (χ0) is 9.68. The zero-order valence-corrected chi connectivity index (χ0v) is 8.45. The Kier molecular flexibility index (Phi) is 3.74. The average Bonchev–Trinajstić information content (AvgIpc) is 2.18. The predicted octanol–water partition coefficient (Wildman–Crippen LogP) is 2.30. The molecule has 1 aromatic rings. The smallest absolute Gasteiger partial charge is 0.131 e. The van der Waals surface area contributed by atoms with Crippen molar-refractivity contribution in [2.45, 2.75) is 19.8 Å². The van der Waals surface area contributed by atoms with E-state index in [1.54, 1.807) is 0 Å². The van der Waals surface area contributed by atoms with Crippen molar-refractivity contribution in [2.24, 2.45) is 0 Å². The van der Waals surface area contributed by atoms with Crippen molar-refractivity contribution in [3.8, 4) is 0 Å². The molecule has 2 heteroatoms. The fourth-order valence-corrected chi connectivity index (χ4v) is 1.39. The van der Waals surface area contributed by atoms with E-state index in [1.807, 2.05) is 12.3 Å². The lowest BCUT2D eigenvalue weighted by Gasteiger charge is -2.19. The van der Waals surface area contributed by atoms with Gasteiger partial charge in [-0.25, -0.2) is 4.98 Å². The first-order chi connectivity index (χ1) is 6.29. The molecule has 0 saturated carbocycles. The van der Waals surface area contributed by atoms with Crippen molar-refractivity contribution < 1.29 is 0 Å². The first-order valence-corrected chi connectivity index (χ1v) is 4.73. The van der Waals surface area contributed by atoms with Crippen LogP contribution in [0.2, 0.25) is 0 Å². The van der Waals surface area contributed by atoms with Crippen molar-refractivity contribution in [3.63, 3.8) is 0 Å². The summed E-state index contributed by atoms with van der Waals surface area (Å²) < 4.78 is 0. The summed E-state index contributed by atoms with van der Waals surface area (Å²) >= 11 is 0. The minimum absolute atomic E-state index is 0.913. The van der Waals surface area contributed by atoms with Gasteiger partial charge in [0.15, 0.2) is 0 Å². The average molecular weight is 177 g/mol. The molecule has 0 saturated heterocycles. The molecule has 0 aliphatic rings. The molecule has 1 radical (unpaired) electrons. The van der Waals surface area contributed by atoms with Crippen molar-refractivity contribution in [1.82, 2.24) is 4.98 Å². The maximum atomic E-state index is 4.37. The van der Waals surface area contributed by atoms with E-state index in [0.717, 1.165) is 25.2 Å². The van der Waals surface area contributed by atoms with Gasteiger partial charge in [0, 0.05) is 19.8 Å². The summed E-state index contributed by atoms with van der Waals surface area (Å²) in [6.45, 7) is 6.95. The Balaban J connectivity index is 2.85. The Morgan fingerprint density at radius 2 is 2.31 bits per heavy atom. The highest BCUT2D eigenvalue weighted by Gasteiger charge is 2.04. The van der Waals surface area contributed by atoms with Gasteiger partial charge in [-0.2, -0.15) is 0 Å². The van der Waals surface area contributed by atoms with Gasteiger partial charge in [0.25, 0.3) is 0 Å². The second-order valence-electron chi connectivity index (χ2n) is 3.11. The third-order valence-corrected chi connectivity index (χ3v) is 2.10. The Bertz CT molecular complexity index is 258. The maximum absolute atomic E-state index is 4.37. The molecule has 0 spiro atoms. The summed E-state index contributed by atoms with van der Waals surface area (Å²) in [5.74, 6) is 1.09. The number of aromatic nitrogens is 1. The van der Waals surface area contributed by atoms with Crippen LogP contribution in [0.4, 0.5) is 5.82 Å². The molecule has 1 rings (SSSR count). The highest BCUT2D eigenvalue weighted by atomic mass is 15.2. The molecule has 0 unspecified atom stereocenters. The van der Waals surface area contributed by atoms with Crippen LogP contribution in [-0.4, -0.2) is 18.6 Å². The summed E-state index contributed by atoms with van der Waals surface area (Å²) in [6.07, 6.45) is 3.79. The lowest BCUT2D eigenvalue weighted by atomic mass is 10.2. The van der Waals surface area contributed by atoms with Crippen LogP contribution in [0.3, 0.4) is 0 Å². The second-order valence-corrected chi connectivity index (χ2v) is 3.11. The monoisotopic (exact) mass is 177 g/mol. The van der Waals surface area contributed by atoms with Gasteiger partial charge in [-0.1, -0.05) is 19.9 Å². The van der Waals surface area contributed by atoms with Crippen LogP contribution in [0.25, 0.3) is 0 Å². The molecule has 1 aromatic heterocycles. The van der Waals surface area contributed by atoms with E-state index in [9.17, 15) is 0 Å². The van der Waals surface area contributed by atoms with Gasteiger partial charge in [-0.3, -0.25) is 0 Å². The molecule has 0 bridgehead atoms. The molecular weight excluding hydrogens is 160 g/mol. The van der Waals surface area contributed by atoms with E-state index in [0.29, 0.717) is 0 Å². The number of rotatable bonds is 4. The summed E-state index contributed by atoms with van der Waals surface area (Å²) in [4.78, 5) is 6.52. The normalized spacial score (nSPS) is 10.1. The molecule has 13 heavy (non-hydrogen) atoms. The van der Waals surface area contributed by atoms with Gasteiger partial charge in [0.2, 0.25) is 0 Å². The van der Waals surface area contributed by atoms with Gasteiger partial charge in [0.05, 0.1) is 0 Å². The minimum Gasteiger partial charge on any atom is -0.359 e. The number of aryl methyl sites for hydroxylation is 1. The van der Waals surface area contributed by atoms with Crippen LogP contribution in [-0.2, 0) is 6.42 Å². The third kappa shape index (κ3) is 2.44. The topological polar surface area (TPSA) is 16.1 Å². The van der Waals surface area contributed by atoms with Crippen molar-refractivity contribution in [2.75, 3.05) is 18.5 Å². The van der Waals surface area contributed by atoms with Gasteiger partial charge in [-0.05, 0) is 24.5 Å². The van der Waals surface area contributed by atoms with E-state index < -0.39 is 0 Å². The lowest BCUT2D eigenvalue weighted by molar-refractivity contribution is 0.864. The largest absolute Gasteiger partial charge is 0.359 e. The van der Waals surface area contributed by atoms with E-state index in [4.69, 9.17) is 0 Å². The minimum atomic E-state index is 0.913. The summed E-state index contributed by atoms with van der Waals surface area (Å²) in [6, 6.07) is 4.11. The van der Waals surface area contributed by atoms with Gasteiger partial charge in [0.1, 0.15) is 5.82 Å². The molecule has 2 nitrogen and oxygen atoms in total. The molecule has 0 amide bonds. The molecular formula is C11H17N2. The van der Waals surface area contributed by atoms with Gasteiger partial charge >= 0.3 is 0 Å². The molecule has 0 aliphatic heterocycles. The standard InChI is InChI=1S/C11H17N2/c1-4-9-13(3)11-10(5-2)7-6-8-12-11/h6-8H,1,4-5,9H2,2-3H3. The highest BCUT2D eigenvalue weighted by Crippen LogP contribution is 2.15. The zero-order valence-electron chi connectivity index (χ0n) is 8.45. The summed E-state index contributed by atoms with van der Waals surface area (Å²) in [7, 11) is 2.06. The Hall–Kier alpha value is -1.05.